The van der Waals surface area contributed by atoms with Crippen LogP contribution in [0.5, 0.6) is 11.5 Å². The highest BCUT2D eigenvalue weighted by Crippen LogP contribution is 2.36. The number of fused-ring (bicyclic) bond motifs is 1. The number of carbonyl (C=O) groups is 1. The Balaban J connectivity index is 1.32. The first-order valence-corrected chi connectivity index (χ1v) is 9.39. The minimum atomic E-state index is -0.537. The smallest absolute Gasteiger partial charge is 0.238 e. The zero-order valence-corrected chi connectivity index (χ0v) is 14.9. The van der Waals surface area contributed by atoms with Crippen molar-refractivity contribution in [1.29, 1.82) is 0 Å². The summed E-state index contributed by atoms with van der Waals surface area (Å²) in [6, 6.07) is 5.44. The van der Waals surface area contributed by atoms with E-state index in [1.807, 2.05) is 17.0 Å². The van der Waals surface area contributed by atoms with E-state index in [9.17, 15) is 9.90 Å². The summed E-state index contributed by atoms with van der Waals surface area (Å²) in [5, 5.41) is 13.4. The maximum absolute atomic E-state index is 12.4. The average molecular weight is 362 g/mol. The number of carbonyl (C=O) groups excluding carboxylic acids is 1. The van der Waals surface area contributed by atoms with Crippen molar-refractivity contribution in [2.45, 2.75) is 37.4 Å². The summed E-state index contributed by atoms with van der Waals surface area (Å²) in [6.07, 6.45) is 2.99. The van der Waals surface area contributed by atoms with Crippen molar-refractivity contribution in [3.05, 3.63) is 18.2 Å². The molecule has 0 bridgehead atoms. The van der Waals surface area contributed by atoms with Gasteiger partial charge in [-0.15, -0.1) is 0 Å². The van der Waals surface area contributed by atoms with E-state index in [1.54, 1.807) is 6.07 Å². The number of hydrogen-bond acceptors (Lipinski definition) is 6. The summed E-state index contributed by atoms with van der Waals surface area (Å²) < 4.78 is 17.1. The van der Waals surface area contributed by atoms with E-state index in [0.29, 0.717) is 36.9 Å². The lowest BCUT2D eigenvalue weighted by atomic mass is 9.86. The number of amides is 1. The predicted molar refractivity (Wildman–Crippen MR) is 95.7 cm³/mol. The molecule has 1 amide bonds. The molecule has 26 heavy (non-hydrogen) atoms. The number of hydrogen-bond donors (Lipinski definition) is 2. The molecule has 1 aromatic carbocycles. The van der Waals surface area contributed by atoms with Crippen LogP contribution in [0.25, 0.3) is 0 Å². The predicted octanol–water partition coefficient (Wildman–Crippen LogP) is 1.40. The number of piperidine rings is 1. The van der Waals surface area contributed by atoms with Gasteiger partial charge in [0.1, 0.15) is 0 Å². The second-order valence-electron chi connectivity index (χ2n) is 7.28. The van der Waals surface area contributed by atoms with Gasteiger partial charge >= 0.3 is 0 Å². The molecular weight excluding hydrogens is 336 g/mol. The van der Waals surface area contributed by atoms with Crippen molar-refractivity contribution in [3.8, 4) is 11.5 Å². The largest absolute Gasteiger partial charge is 0.490 e. The SMILES string of the molecule is O=C(CN1CC[C@@]2(CCCO2)[C@@H](O)C1)Nc1ccc2c(c1)OCCCO2. The van der Waals surface area contributed by atoms with Gasteiger partial charge in [0, 0.05) is 37.9 Å². The van der Waals surface area contributed by atoms with E-state index in [1.165, 1.54) is 0 Å². The van der Waals surface area contributed by atoms with Crippen LogP contribution in [-0.2, 0) is 9.53 Å². The molecule has 0 radical (unpaired) electrons. The van der Waals surface area contributed by atoms with Crippen LogP contribution in [0.3, 0.4) is 0 Å². The highest BCUT2D eigenvalue weighted by molar-refractivity contribution is 5.92. The number of aliphatic hydroxyl groups is 1. The minimum absolute atomic E-state index is 0.102. The molecule has 0 aliphatic carbocycles. The minimum Gasteiger partial charge on any atom is -0.490 e. The highest BCUT2D eigenvalue weighted by Gasteiger charge is 2.45. The summed E-state index contributed by atoms with van der Waals surface area (Å²) in [6.45, 7) is 3.45. The number of rotatable bonds is 3. The van der Waals surface area contributed by atoms with Crippen molar-refractivity contribution < 1.29 is 24.1 Å². The molecule has 1 aromatic rings. The molecule has 0 saturated carbocycles. The molecule has 142 valence electrons. The first kappa shape index (κ1) is 17.6. The van der Waals surface area contributed by atoms with Gasteiger partial charge in [-0.05, 0) is 31.4 Å². The summed E-state index contributed by atoms with van der Waals surface area (Å²) in [7, 11) is 0. The number of likely N-dealkylation sites (tertiary alicyclic amines) is 1. The van der Waals surface area contributed by atoms with Gasteiger partial charge in [0.2, 0.25) is 5.91 Å². The van der Waals surface area contributed by atoms with E-state index in [-0.39, 0.29) is 18.1 Å². The maximum atomic E-state index is 12.4. The fourth-order valence-electron chi connectivity index (χ4n) is 3.98. The second-order valence-corrected chi connectivity index (χ2v) is 7.28. The lowest BCUT2D eigenvalue weighted by molar-refractivity contribution is -0.135. The first-order valence-electron chi connectivity index (χ1n) is 9.39. The molecule has 4 rings (SSSR count). The Morgan fingerprint density at radius 1 is 1.19 bits per heavy atom. The van der Waals surface area contributed by atoms with Crippen molar-refractivity contribution in [2.75, 3.05) is 44.8 Å². The Labute approximate surface area is 153 Å². The summed E-state index contributed by atoms with van der Waals surface area (Å²) in [5.41, 5.74) is 0.300. The van der Waals surface area contributed by atoms with Gasteiger partial charge in [-0.25, -0.2) is 0 Å². The molecule has 0 unspecified atom stereocenters. The van der Waals surface area contributed by atoms with Crippen molar-refractivity contribution in [1.82, 2.24) is 4.90 Å². The molecule has 2 N–H and O–H groups in total. The zero-order chi connectivity index (χ0) is 18.0. The second kappa shape index (κ2) is 7.42. The Kier molecular flexibility index (Phi) is 5.02. The zero-order valence-electron chi connectivity index (χ0n) is 14.9. The van der Waals surface area contributed by atoms with Gasteiger partial charge in [-0.2, -0.15) is 0 Å². The van der Waals surface area contributed by atoms with Crippen LogP contribution in [0.4, 0.5) is 5.69 Å². The third kappa shape index (κ3) is 3.65. The standard InChI is InChI=1S/C19H26N2O5/c22-17-12-21(7-6-19(17)5-1-10-26-19)13-18(23)20-14-3-4-15-16(11-14)25-9-2-8-24-15/h3-4,11,17,22H,1-2,5-10,12-13H2,(H,20,23)/t17-,19-/m0/s1. The Bertz CT molecular complexity index is 659. The molecule has 3 aliphatic rings. The van der Waals surface area contributed by atoms with Crippen LogP contribution in [0.2, 0.25) is 0 Å². The normalized spacial score (nSPS) is 28.7. The molecule has 7 heteroatoms. The third-order valence-corrected chi connectivity index (χ3v) is 5.42. The van der Waals surface area contributed by atoms with Gasteiger partial charge in [-0.3, -0.25) is 9.69 Å². The van der Waals surface area contributed by atoms with Gasteiger partial charge < -0.3 is 24.6 Å². The van der Waals surface area contributed by atoms with Crippen LogP contribution >= 0.6 is 0 Å². The number of benzene rings is 1. The van der Waals surface area contributed by atoms with Crippen molar-refractivity contribution in [2.24, 2.45) is 0 Å². The van der Waals surface area contributed by atoms with Crippen molar-refractivity contribution >= 4 is 11.6 Å². The van der Waals surface area contributed by atoms with Crippen LogP contribution in [-0.4, -0.2) is 67.1 Å². The Hall–Kier alpha value is -1.83. The number of β-amino-alcohol motifs (C(OH)–C–C–N with tert-alkyl or cyclic N) is 1. The summed E-state index contributed by atoms with van der Waals surface area (Å²) in [5.74, 6) is 1.27. The van der Waals surface area contributed by atoms with Gasteiger partial charge in [0.25, 0.3) is 0 Å². The maximum Gasteiger partial charge on any atom is 0.238 e. The number of ether oxygens (including phenoxy) is 3. The highest BCUT2D eigenvalue weighted by atomic mass is 16.5. The lowest BCUT2D eigenvalue weighted by Crippen LogP contribution is -2.56. The van der Waals surface area contributed by atoms with Gasteiger partial charge in [0.15, 0.2) is 11.5 Å². The first-order chi connectivity index (χ1) is 12.6. The van der Waals surface area contributed by atoms with Crippen LogP contribution in [0.15, 0.2) is 18.2 Å². The van der Waals surface area contributed by atoms with Crippen LogP contribution in [0, 0.1) is 0 Å². The lowest BCUT2D eigenvalue weighted by Gasteiger charge is -2.42. The Morgan fingerprint density at radius 2 is 2.04 bits per heavy atom. The molecule has 3 heterocycles. The quantitative estimate of drug-likeness (QED) is 0.846. The number of aliphatic hydroxyl groups excluding tert-OH is 1. The van der Waals surface area contributed by atoms with Gasteiger partial charge in [-0.1, -0.05) is 0 Å². The fourth-order valence-corrected chi connectivity index (χ4v) is 3.98. The van der Waals surface area contributed by atoms with E-state index in [4.69, 9.17) is 14.2 Å². The van der Waals surface area contributed by atoms with Gasteiger partial charge in [0.05, 0.1) is 31.5 Å². The molecule has 0 aromatic heterocycles. The summed E-state index contributed by atoms with van der Waals surface area (Å²) >= 11 is 0. The number of anilines is 1. The average Bonchev–Trinajstić information content (AvgIpc) is 2.97. The molecule has 7 nitrogen and oxygen atoms in total. The molecule has 1 spiro atoms. The molecule has 3 aliphatic heterocycles. The molecular formula is C19H26N2O5. The van der Waals surface area contributed by atoms with Crippen LogP contribution in [0.1, 0.15) is 25.7 Å². The summed E-state index contributed by atoms with van der Waals surface area (Å²) in [4.78, 5) is 14.4. The van der Waals surface area contributed by atoms with E-state index in [0.717, 1.165) is 38.8 Å². The molecule has 2 fully saturated rings. The topological polar surface area (TPSA) is 80.3 Å². The molecule has 2 saturated heterocycles. The fraction of sp³-hybridized carbons (Fsp3) is 0.632. The van der Waals surface area contributed by atoms with Crippen molar-refractivity contribution in [3.63, 3.8) is 0 Å². The molecule has 2 atom stereocenters. The number of nitrogens with one attached hydrogen (secondary N) is 1. The van der Waals surface area contributed by atoms with E-state index >= 15 is 0 Å². The van der Waals surface area contributed by atoms with E-state index in [2.05, 4.69) is 5.32 Å². The third-order valence-electron chi connectivity index (χ3n) is 5.42. The van der Waals surface area contributed by atoms with E-state index < -0.39 is 6.10 Å². The monoisotopic (exact) mass is 362 g/mol. The Morgan fingerprint density at radius 3 is 2.81 bits per heavy atom. The van der Waals surface area contributed by atoms with Crippen LogP contribution < -0.4 is 14.8 Å². The number of nitrogens with zero attached hydrogens (tertiary/aromatic N) is 1.